The van der Waals surface area contributed by atoms with Crippen molar-refractivity contribution in [2.45, 2.75) is 19.0 Å². The van der Waals surface area contributed by atoms with Gasteiger partial charge in [0.2, 0.25) is 0 Å². The number of carbonyl (C=O) groups is 1. The van der Waals surface area contributed by atoms with Crippen molar-refractivity contribution in [2.24, 2.45) is 0 Å². The molecular weight excluding hydrogens is 443 g/mol. The van der Waals surface area contributed by atoms with Crippen LogP contribution in [-0.2, 0) is 6.18 Å². The van der Waals surface area contributed by atoms with Crippen LogP contribution in [-0.4, -0.2) is 55.2 Å². The molecule has 1 aliphatic rings. The molecule has 0 atom stereocenters. The maximum atomic E-state index is 13.0. The second-order valence-electron chi connectivity index (χ2n) is 8.38. The summed E-state index contributed by atoms with van der Waals surface area (Å²) >= 11 is 0. The van der Waals surface area contributed by atoms with Gasteiger partial charge in [-0.1, -0.05) is 24.3 Å². The number of anilines is 2. The van der Waals surface area contributed by atoms with E-state index in [4.69, 9.17) is 0 Å². The Labute approximate surface area is 196 Å². The molecular formula is C25H28F3N5O. The maximum Gasteiger partial charge on any atom is 0.416 e. The van der Waals surface area contributed by atoms with E-state index in [1.54, 1.807) is 12.3 Å². The number of nitrogens with zero attached hydrogens (tertiary/aromatic N) is 3. The Balaban J connectivity index is 1.13. The summed E-state index contributed by atoms with van der Waals surface area (Å²) in [5.74, 6) is 0. The van der Waals surface area contributed by atoms with Crippen molar-refractivity contribution in [1.29, 1.82) is 0 Å². The van der Waals surface area contributed by atoms with Crippen LogP contribution in [0.5, 0.6) is 0 Å². The lowest BCUT2D eigenvalue weighted by atomic mass is 10.1. The second kappa shape index (κ2) is 10.7. The summed E-state index contributed by atoms with van der Waals surface area (Å²) in [6.07, 6.45) is -0.908. The number of fused-ring (bicyclic) bond motifs is 1. The first-order valence-electron chi connectivity index (χ1n) is 11.4. The number of hydrogen-bond acceptors (Lipinski definition) is 4. The third kappa shape index (κ3) is 6.38. The molecule has 1 fully saturated rings. The van der Waals surface area contributed by atoms with Crippen LogP contribution in [0.2, 0.25) is 0 Å². The zero-order valence-electron chi connectivity index (χ0n) is 18.8. The van der Waals surface area contributed by atoms with Crippen LogP contribution in [0.15, 0.2) is 60.8 Å². The minimum atomic E-state index is -4.32. The van der Waals surface area contributed by atoms with Gasteiger partial charge in [0.15, 0.2) is 0 Å². The number of rotatable bonds is 7. The highest BCUT2D eigenvalue weighted by atomic mass is 19.4. The molecule has 0 unspecified atom stereocenters. The fourth-order valence-electron chi connectivity index (χ4n) is 4.09. The van der Waals surface area contributed by atoms with E-state index < -0.39 is 11.7 Å². The Kier molecular flexibility index (Phi) is 7.52. The number of nitrogens with one attached hydrogen (secondary N) is 2. The molecule has 0 aliphatic carbocycles. The molecule has 0 spiro atoms. The van der Waals surface area contributed by atoms with Crippen LogP contribution >= 0.6 is 0 Å². The fraction of sp³-hybridized carbons (Fsp3) is 0.360. The van der Waals surface area contributed by atoms with Gasteiger partial charge in [-0.15, -0.1) is 0 Å². The quantitative estimate of drug-likeness (QED) is 0.478. The predicted octanol–water partition coefficient (Wildman–Crippen LogP) is 4.98. The van der Waals surface area contributed by atoms with E-state index in [0.717, 1.165) is 49.4 Å². The van der Waals surface area contributed by atoms with Gasteiger partial charge in [0.05, 0.1) is 23.0 Å². The summed E-state index contributed by atoms with van der Waals surface area (Å²) in [5, 5.41) is 6.64. The molecule has 2 amide bonds. The number of aromatic nitrogens is 1. The van der Waals surface area contributed by atoms with Crippen molar-refractivity contribution in [1.82, 2.24) is 15.2 Å². The average molecular weight is 472 g/mol. The predicted molar refractivity (Wildman–Crippen MR) is 128 cm³/mol. The molecule has 1 aromatic heterocycles. The molecule has 34 heavy (non-hydrogen) atoms. The van der Waals surface area contributed by atoms with Gasteiger partial charge < -0.3 is 15.5 Å². The molecule has 3 aromatic rings. The van der Waals surface area contributed by atoms with Crippen LogP contribution < -0.4 is 15.5 Å². The zero-order valence-corrected chi connectivity index (χ0v) is 18.8. The first-order valence-corrected chi connectivity index (χ1v) is 11.4. The van der Waals surface area contributed by atoms with Gasteiger partial charge in [0.1, 0.15) is 0 Å². The molecule has 0 saturated carbocycles. The number of alkyl halides is 3. The molecule has 6 nitrogen and oxygen atoms in total. The van der Waals surface area contributed by atoms with Gasteiger partial charge >= 0.3 is 12.2 Å². The van der Waals surface area contributed by atoms with E-state index in [1.165, 1.54) is 12.1 Å². The van der Waals surface area contributed by atoms with Gasteiger partial charge in [-0.3, -0.25) is 9.88 Å². The number of carbonyl (C=O) groups excluding carboxylic acids is 1. The highest BCUT2D eigenvalue weighted by molar-refractivity contribution is 5.91. The fourth-order valence-corrected chi connectivity index (χ4v) is 4.09. The molecule has 4 rings (SSSR count). The first-order chi connectivity index (χ1) is 16.4. The number of hydrogen-bond donors (Lipinski definition) is 2. The van der Waals surface area contributed by atoms with Gasteiger partial charge in [-0.05, 0) is 49.7 Å². The average Bonchev–Trinajstić information content (AvgIpc) is 2.84. The summed E-state index contributed by atoms with van der Waals surface area (Å²) in [7, 11) is 0. The Hall–Kier alpha value is -3.33. The first kappa shape index (κ1) is 23.8. The lowest BCUT2D eigenvalue weighted by Crippen LogP contribution is -2.46. The Bertz CT molecular complexity index is 1110. The van der Waals surface area contributed by atoms with E-state index in [9.17, 15) is 18.0 Å². The Morgan fingerprint density at radius 2 is 1.76 bits per heavy atom. The molecule has 9 heteroatoms. The van der Waals surface area contributed by atoms with E-state index in [2.05, 4.69) is 20.5 Å². The minimum Gasteiger partial charge on any atom is -0.369 e. The lowest BCUT2D eigenvalue weighted by Gasteiger charge is -2.36. The topological polar surface area (TPSA) is 60.5 Å². The standard InChI is InChI=1S/C25H28F3N5O/c26-25(27,28)20-7-5-8-22(17-20)33-14-12-32(13-15-33)11-4-3-10-29-24(34)31-21-16-19-6-1-2-9-23(19)30-18-21/h1-2,5-9,16-18H,3-4,10-15H2,(H2,29,31,34). The van der Waals surface area contributed by atoms with Gasteiger partial charge in [-0.2, -0.15) is 13.2 Å². The summed E-state index contributed by atoms with van der Waals surface area (Å²) in [4.78, 5) is 20.8. The zero-order chi connectivity index (χ0) is 24.0. The smallest absolute Gasteiger partial charge is 0.369 e. The number of halogens is 3. The van der Waals surface area contributed by atoms with Gasteiger partial charge in [0.25, 0.3) is 0 Å². The molecule has 0 bridgehead atoms. The van der Waals surface area contributed by atoms with Crippen molar-refractivity contribution in [3.63, 3.8) is 0 Å². The maximum absolute atomic E-state index is 13.0. The highest BCUT2D eigenvalue weighted by Gasteiger charge is 2.31. The highest BCUT2D eigenvalue weighted by Crippen LogP contribution is 2.31. The normalized spacial score (nSPS) is 14.9. The monoisotopic (exact) mass is 471 g/mol. The number of piperazine rings is 1. The third-order valence-corrected chi connectivity index (χ3v) is 5.95. The van der Waals surface area contributed by atoms with Crippen molar-refractivity contribution in [3.8, 4) is 0 Å². The van der Waals surface area contributed by atoms with Crippen LogP contribution in [0.3, 0.4) is 0 Å². The van der Waals surface area contributed by atoms with Crippen molar-refractivity contribution in [2.75, 3.05) is 49.5 Å². The lowest BCUT2D eigenvalue weighted by molar-refractivity contribution is -0.137. The number of benzene rings is 2. The number of para-hydroxylation sites is 1. The van der Waals surface area contributed by atoms with E-state index in [0.29, 0.717) is 31.0 Å². The largest absolute Gasteiger partial charge is 0.416 e. The summed E-state index contributed by atoms with van der Waals surface area (Å²) in [5.41, 5.74) is 1.53. The van der Waals surface area contributed by atoms with E-state index >= 15 is 0 Å². The molecule has 180 valence electrons. The molecule has 1 saturated heterocycles. The SMILES string of the molecule is O=C(NCCCCN1CCN(c2cccc(C(F)(F)F)c2)CC1)Nc1cnc2ccccc2c1. The number of amides is 2. The van der Waals surface area contributed by atoms with E-state index in [1.807, 2.05) is 35.2 Å². The Morgan fingerprint density at radius 1 is 0.971 bits per heavy atom. The summed E-state index contributed by atoms with van der Waals surface area (Å²) in [6.45, 7) is 4.47. The second-order valence-corrected chi connectivity index (χ2v) is 8.38. The van der Waals surface area contributed by atoms with Gasteiger partial charge in [0, 0.05) is 43.8 Å². The summed E-state index contributed by atoms with van der Waals surface area (Å²) in [6, 6.07) is 14.9. The molecule has 2 N–H and O–H groups in total. The Morgan fingerprint density at radius 3 is 2.56 bits per heavy atom. The minimum absolute atomic E-state index is 0.258. The van der Waals surface area contributed by atoms with Crippen LogP contribution in [0.25, 0.3) is 10.9 Å². The number of pyridine rings is 1. The number of unbranched alkanes of at least 4 members (excludes halogenated alkanes) is 1. The van der Waals surface area contributed by atoms with Crippen LogP contribution in [0, 0.1) is 0 Å². The molecule has 1 aliphatic heterocycles. The van der Waals surface area contributed by atoms with Crippen molar-refractivity contribution >= 4 is 28.3 Å². The molecule has 2 aromatic carbocycles. The molecule has 2 heterocycles. The van der Waals surface area contributed by atoms with Crippen molar-refractivity contribution < 1.29 is 18.0 Å². The van der Waals surface area contributed by atoms with Crippen LogP contribution in [0.1, 0.15) is 18.4 Å². The number of urea groups is 1. The van der Waals surface area contributed by atoms with Gasteiger partial charge in [-0.25, -0.2) is 4.79 Å². The third-order valence-electron chi connectivity index (χ3n) is 5.95. The van der Waals surface area contributed by atoms with Crippen LogP contribution in [0.4, 0.5) is 29.3 Å². The molecule has 0 radical (unpaired) electrons. The van der Waals surface area contributed by atoms with E-state index in [-0.39, 0.29) is 6.03 Å². The van der Waals surface area contributed by atoms with Crippen molar-refractivity contribution in [3.05, 3.63) is 66.4 Å². The summed E-state index contributed by atoms with van der Waals surface area (Å²) < 4.78 is 38.9.